The van der Waals surface area contributed by atoms with Gasteiger partial charge in [-0.25, -0.2) is 4.98 Å². The summed E-state index contributed by atoms with van der Waals surface area (Å²) < 4.78 is 53.6. The molecular formula is C14H11F3N3O7P. The van der Waals surface area contributed by atoms with Crippen LogP contribution in [0.1, 0.15) is 15.9 Å². The third-order valence-electron chi connectivity index (χ3n) is 3.14. The fraction of sp³-hybridized carbons (Fsp3) is 0.143. The third-order valence-corrected chi connectivity index (χ3v) is 3.71. The molecule has 1 aromatic carbocycles. The number of alkyl halides is 3. The standard InChI is InChI=1S/C14H11F3N3O7P/c15-14(16,17)8-1-4-12(18-6-8)27-9-2-3-11(20(22)23)10(5-9)13(21)19-7-28(24,25)26/h1-6H,7H2,(H,19,21)(H2,24,25,26). The van der Waals surface area contributed by atoms with E-state index in [0.717, 1.165) is 24.3 Å². The van der Waals surface area contributed by atoms with Gasteiger partial charge in [-0.15, -0.1) is 0 Å². The summed E-state index contributed by atoms with van der Waals surface area (Å²) in [4.78, 5) is 43.2. The number of carbonyl (C=O) groups is 1. The second kappa shape index (κ2) is 7.92. The summed E-state index contributed by atoms with van der Waals surface area (Å²) in [6.07, 6.45) is -5.12. The highest BCUT2D eigenvalue weighted by Gasteiger charge is 2.31. The number of hydrogen-bond acceptors (Lipinski definition) is 6. The Labute approximate surface area is 154 Å². The molecule has 2 aromatic rings. The van der Waals surface area contributed by atoms with Crippen LogP contribution in [0, 0.1) is 10.1 Å². The number of nitro groups is 1. The highest BCUT2D eigenvalue weighted by atomic mass is 31.2. The molecule has 1 aromatic heterocycles. The van der Waals surface area contributed by atoms with Crippen molar-refractivity contribution in [3.05, 3.63) is 57.8 Å². The Bertz CT molecular complexity index is 944. The van der Waals surface area contributed by atoms with Crippen LogP contribution >= 0.6 is 7.60 Å². The zero-order valence-corrected chi connectivity index (χ0v) is 14.5. The van der Waals surface area contributed by atoms with Gasteiger partial charge in [-0.3, -0.25) is 19.5 Å². The average molecular weight is 421 g/mol. The maximum absolute atomic E-state index is 12.5. The molecule has 3 N–H and O–H groups in total. The molecule has 0 atom stereocenters. The Morgan fingerprint density at radius 1 is 1.29 bits per heavy atom. The Balaban J connectivity index is 2.27. The molecule has 1 heterocycles. The number of nitrogens with one attached hydrogen (secondary N) is 1. The van der Waals surface area contributed by atoms with Gasteiger partial charge < -0.3 is 19.8 Å². The maximum atomic E-state index is 12.5. The van der Waals surface area contributed by atoms with Crippen LogP contribution in [0.25, 0.3) is 0 Å². The zero-order valence-electron chi connectivity index (χ0n) is 13.6. The van der Waals surface area contributed by atoms with Crippen molar-refractivity contribution >= 4 is 19.2 Å². The molecule has 28 heavy (non-hydrogen) atoms. The van der Waals surface area contributed by atoms with E-state index in [1.165, 1.54) is 0 Å². The molecule has 0 bridgehead atoms. The summed E-state index contributed by atoms with van der Waals surface area (Å²) in [5, 5.41) is 12.9. The molecule has 0 aliphatic heterocycles. The highest BCUT2D eigenvalue weighted by molar-refractivity contribution is 7.51. The Morgan fingerprint density at radius 2 is 1.96 bits per heavy atom. The number of nitro benzene ring substituents is 1. The van der Waals surface area contributed by atoms with Crippen LogP contribution in [0.3, 0.4) is 0 Å². The first-order valence-electron chi connectivity index (χ1n) is 7.19. The Hall–Kier alpha value is -3.02. The second-order valence-corrected chi connectivity index (χ2v) is 6.90. The maximum Gasteiger partial charge on any atom is 0.417 e. The lowest BCUT2D eigenvalue weighted by Crippen LogP contribution is -2.25. The summed E-state index contributed by atoms with van der Waals surface area (Å²) in [7, 11) is -4.60. The highest BCUT2D eigenvalue weighted by Crippen LogP contribution is 2.33. The van der Waals surface area contributed by atoms with Crippen LogP contribution in [0.2, 0.25) is 0 Å². The van der Waals surface area contributed by atoms with Crippen LogP contribution in [0.15, 0.2) is 36.5 Å². The van der Waals surface area contributed by atoms with E-state index in [4.69, 9.17) is 14.5 Å². The van der Waals surface area contributed by atoms with Crippen molar-refractivity contribution in [3.63, 3.8) is 0 Å². The van der Waals surface area contributed by atoms with Gasteiger partial charge in [0, 0.05) is 24.4 Å². The summed E-state index contributed by atoms with van der Waals surface area (Å²) in [6.45, 7) is 0. The number of rotatable bonds is 6. The van der Waals surface area contributed by atoms with Gasteiger partial charge in [0.05, 0.1) is 10.5 Å². The van der Waals surface area contributed by atoms with E-state index in [-0.39, 0.29) is 11.6 Å². The van der Waals surface area contributed by atoms with Gasteiger partial charge in [0.15, 0.2) is 0 Å². The number of pyridine rings is 1. The van der Waals surface area contributed by atoms with Crippen LogP contribution in [0.5, 0.6) is 11.6 Å². The van der Waals surface area contributed by atoms with Gasteiger partial charge in [0.25, 0.3) is 11.6 Å². The van der Waals surface area contributed by atoms with Crippen LogP contribution in [0.4, 0.5) is 18.9 Å². The Morgan fingerprint density at radius 3 is 2.46 bits per heavy atom. The number of aromatic nitrogens is 1. The van der Waals surface area contributed by atoms with E-state index >= 15 is 0 Å². The van der Waals surface area contributed by atoms with Crippen molar-refractivity contribution in [1.82, 2.24) is 10.3 Å². The number of carbonyl (C=O) groups excluding carboxylic acids is 1. The van der Waals surface area contributed by atoms with E-state index in [9.17, 15) is 32.6 Å². The molecule has 10 nitrogen and oxygen atoms in total. The molecule has 1 amide bonds. The lowest BCUT2D eigenvalue weighted by molar-refractivity contribution is -0.385. The first kappa shape index (κ1) is 21.3. The first-order valence-corrected chi connectivity index (χ1v) is 8.99. The fourth-order valence-electron chi connectivity index (χ4n) is 1.92. The predicted octanol–water partition coefficient (Wildman–Crippen LogP) is 2.67. The van der Waals surface area contributed by atoms with E-state index in [1.807, 2.05) is 5.32 Å². The second-order valence-electron chi connectivity index (χ2n) is 5.25. The molecule has 0 saturated carbocycles. The molecule has 0 unspecified atom stereocenters. The first-order chi connectivity index (χ1) is 12.9. The molecule has 14 heteroatoms. The van der Waals surface area contributed by atoms with Crippen LogP contribution < -0.4 is 10.1 Å². The number of benzene rings is 1. The summed E-state index contributed by atoms with van der Waals surface area (Å²) in [5.74, 6) is -1.59. The van der Waals surface area contributed by atoms with Crippen molar-refractivity contribution in [1.29, 1.82) is 0 Å². The van der Waals surface area contributed by atoms with Crippen molar-refractivity contribution in [2.45, 2.75) is 6.18 Å². The van der Waals surface area contributed by atoms with E-state index in [0.29, 0.717) is 12.3 Å². The SMILES string of the molecule is O=C(NCP(=O)(O)O)c1cc(Oc2ccc(C(F)(F)F)cn2)ccc1[N+](=O)[O-]. The molecule has 0 aliphatic carbocycles. The minimum absolute atomic E-state index is 0.167. The van der Waals surface area contributed by atoms with Gasteiger partial charge >= 0.3 is 13.8 Å². The molecule has 0 radical (unpaired) electrons. The number of ether oxygens (including phenoxy) is 1. The van der Waals surface area contributed by atoms with Gasteiger partial charge in [-0.1, -0.05) is 0 Å². The van der Waals surface area contributed by atoms with Gasteiger partial charge in [0.1, 0.15) is 17.6 Å². The molecule has 0 fully saturated rings. The molecular weight excluding hydrogens is 410 g/mol. The quantitative estimate of drug-likeness (QED) is 0.366. The van der Waals surface area contributed by atoms with Gasteiger partial charge in [0.2, 0.25) is 5.88 Å². The van der Waals surface area contributed by atoms with Crippen molar-refractivity contribution in [2.75, 3.05) is 6.29 Å². The van der Waals surface area contributed by atoms with Crippen molar-refractivity contribution < 1.29 is 42.0 Å². The van der Waals surface area contributed by atoms with Crippen molar-refractivity contribution in [3.8, 4) is 11.6 Å². The van der Waals surface area contributed by atoms with Crippen molar-refractivity contribution in [2.24, 2.45) is 0 Å². The normalized spacial score (nSPS) is 11.8. The molecule has 0 aliphatic rings. The van der Waals surface area contributed by atoms with Crippen LogP contribution in [-0.4, -0.2) is 31.9 Å². The third kappa shape index (κ3) is 5.74. The van der Waals surface area contributed by atoms with Gasteiger partial charge in [-0.2, -0.15) is 13.2 Å². The molecule has 0 saturated heterocycles. The summed E-state index contributed by atoms with van der Waals surface area (Å²) >= 11 is 0. The minimum atomic E-state index is -4.60. The number of nitrogens with zero attached hydrogens (tertiary/aromatic N) is 2. The smallest absolute Gasteiger partial charge is 0.417 e. The number of hydrogen-bond donors (Lipinski definition) is 3. The lowest BCUT2D eigenvalue weighted by atomic mass is 10.1. The monoisotopic (exact) mass is 421 g/mol. The molecule has 150 valence electrons. The van der Waals surface area contributed by atoms with E-state index in [2.05, 4.69) is 4.98 Å². The largest absolute Gasteiger partial charge is 0.439 e. The number of amides is 1. The summed E-state index contributed by atoms with van der Waals surface area (Å²) in [5.41, 5.74) is -2.25. The van der Waals surface area contributed by atoms with E-state index in [1.54, 1.807) is 0 Å². The number of halogens is 3. The summed E-state index contributed by atoms with van der Waals surface area (Å²) in [6, 6.07) is 4.49. The Kier molecular flexibility index (Phi) is 6.02. The van der Waals surface area contributed by atoms with E-state index < -0.39 is 47.7 Å². The fourth-order valence-corrected chi connectivity index (χ4v) is 2.27. The topological polar surface area (TPSA) is 152 Å². The van der Waals surface area contributed by atoms with Crippen LogP contribution in [-0.2, 0) is 10.7 Å². The molecule has 0 spiro atoms. The lowest BCUT2D eigenvalue weighted by Gasteiger charge is -2.10. The minimum Gasteiger partial charge on any atom is -0.439 e. The predicted molar refractivity (Wildman–Crippen MR) is 86.8 cm³/mol. The average Bonchev–Trinajstić information content (AvgIpc) is 2.58. The molecule has 2 rings (SSSR count). The van der Waals surface area contributed by atoms with Gasteiger partial charge in [-0.05, 0) is 12.1 Å². The zero-order chi connectivity index (χ0) is 21.1.